The molecule has 2 aliphatic heterocycles. The molecule has 0 radical (unpaired) electrons. The van der Waals surface area contributed by atoms with E-state index in [1.54, 1.807) is 7.11 Å². The normalized spacial score (nSPS) is 28.5. The summed E-state index contributed by atoms with van der Waals surface area (Å²) in [7, 11) is 1.60. The first-order valence-electron chi connectivity index (χ1n) is 9.61. The van der Waals surface area contributed by atoms with Crippen LogP contribution in [0.1, 0.15) is 44.6 Å². The summed E-state index contributed by atoms with van der Waals surface area (Å²) in [6.07, 6.45) is 5.24. The van der Waals surface area contributed by atoms with Gasteiger partial charge in [-0.1, -0.05) is 0 Å². The molecule has 0 N–H and O–H groups in total. The van der Waals surface area contributed by atoms with Crippen molar-refractivity contribution in [2.45, 2.75) is 56.3 Å². The van der Waals surface area contributed by atoms with E-state index in [-0.39, 0.29) is 11.5 Å². The first-order valence-corrected chi connectivity index (χ1v) is 10.4. The lowest BCUT2D eigenvalue weighted by Gasteiger charge is -2.30. The average molecular weight is 440 g/mol. The van der Waals surface area contributed by atoms with E-state index in [1.807, 2.05) is 0 Å². The Kier molecular flexibility index (Phi) is 4.27. The first kappa shape index (κ1) is 17.6. The predicted octanol–water partition coefficient (Wildman–Crippen LogP) is 3.28. The average Bonchev–Trinajstić information content (AvgIpc) is 3.21. The van der Waals surface area contributed by atoms with Crippen LogP contribution in [0.5, 0.6) is 11.9 Å². The maximum atomic E-state index is 13.9. The number of ether oxygens (including phenoxy) is 2. The molecule has 146 valence electrons. The van der Waals surface area contributed by atoms with Gasteiger partial charge in [-0.3, -0.25) is 4.90 Å². The zero-order valence-corrected chi connectivity index (χ0v) is 16.9. The van der Waals surface area contributed by atoms with Crippen LogP contribution >= 0.6 is 15.9 Å². The van der Waals surface area contributed by atoms with Gasteiger partial charge in [0, 0.05) is 19.0 Å². The van der Waals surface area contributed by atoms with Gasteiger partial charge in [0.05, 0.1) is 12.6 Å². The van der Waals surface area contributed by atoms with Crippen LogP contribution in [0.15, 0.2) is 4.73 Å². The summed E-state index contributed by atoms with van der Waals surface area (Å²) in [4.78, 5) is 15.7. The topological polar surface area (TPSA) is 65.3 Å². The molecule has 7 nitrogen and oxygen atoms in total. The molecule has 3 aliphatic rings. The van der Waals surface area contributed by atoms with Gasteiger partial charge in [-0.05, 0) is 54.6 Å². The lowest BCUT2D eigenvalue weighted by Crippen LogP contribution is -2.43. The third-order valence-electron chi connectivity index (χ3n) is 6.32. The molecule has 9 heteroatoms. The highest BCUT2D eigenvalue weighted by molar-refractivity contribution is 9.10. The molecule has 2 aromatic rings. The van der Waals surface area contributed by atoms with E-state index >= 15 is 0 Å². The van der Waals surface area contributed by atoms with Crippen molar-refractivity contribution in [2.75, 3.05) is 26.8 Å². The van der Waals surface area contributed by atoms with Crippen molar-refractivity contribution in [3.8, 4) is 11.9 Å². The molecule has 3 fully saturated rings. The molecule has 1 saturated carbocycles. The Bertz CT molecular complexity index is 873. The lowest BCUT2D eigenvalue weighted by atomic mass is 9.93. The Hall–Kier alpha value is -1.48. The van der Waals surface area contributed by atoms with Gasteiger partial charge in [-0.2, -0.15) is 9.97 Å². The summed E-state index contributed by atoms with van der Waals surface area (Å²) in [6, 6.07) is 0.646. The van der Waals surface area contributed by atoms with E-state index in [0.29, 0.717) is 37.1 Å². The second-order valence-corrected chi connectivity index (χ2v) is 8.60. The molecule has 0 amide bonds. The van der Waals surface area contributed by atoms with Gasteiger partial charge in [-0.25, -0.2) is 9.37 Å². The van der Waals surface area contributed by atoms with Gasteiger partial charge >= 0.3 is 6.01 Å². The van der Waals surface area contributed by atoms with Gasteiger partial charge in [0.15, 0.2) is 15.9 Å². The number of aromatic nitrogens is 4. The highest BCUT2D eigenvalue weighted by Crippen LogP contribution is 2.41. The summed E-state index contributed by atoms with van der Waals surface area (Å²) >= 11 is 3.55. The van der Waals surface area contributed by atoms with E-state index in [4.69, 9.17) is 9.47 Å². The highest BCUT2D eigenvalue weighted by atomic mass is 79.9. The smallest absolute Gasteiger partial charge is 0.321 e. The fourth-order valence-electron chi connectivity index (χ4n) is 4.76. The predicted molar refractivity (Wildman–Crippen MR) is 101 cm³/mol. The van der Waals surface area contributed by atoms with Crippen LogP contribution in [0.25, 0.3) is 11.2 Å². The van der Waals surface area contributed by atoms with Crippen LogP contribution in [0.3, 0.4) is 0 Å². The Morgan fingerprint density at radius 3 is 2.85 bits per heavy atom. The zero-order chi connectivity index (χ0) is 18.6. The lowest BCUT2D eigenvalue weighted by molar-refractivity contribution is 0.107. The molecule has 27 heavy (non-hydrogen) atoms. The second-order valence-electron chi connectivity index (χ2n) is 7.89. The highest BCUT2D eigenvalue weighted by Gasteiger charge is 2.49. The number of nitrogens with zero attached hydrogens (tertiary/aromatic N) is 5. The quantitative estimate of drug-likeness (QED) is 0.665. The number of hydrogen-bond acceptors (Lipinski definition) is 6. The van der Waals surface area contributed by atoms with E-state index in [0.717, 1.165) is 42.5 Å². The van der Waals surface area contributed by atoms with Gasteiger partial charge in [-0.15, -0.1) is 0 Å². The molecule has 0 spiro atoms. The standard InChI is InChI=1S/C18H23BrFN5O2/c1-26-15-13-14(21-16(19)25(13)12-4-2-5-12)22-17(23-15)27-10-18-6-3-7-24(18)9-11(20)8-18/h11-12H,2-10H2,1H3/t11-,18+/m1/s1. The van der Waals surface area contributed by atoms with Gasteiger partial charge < -0.3 is 14.0 Å². The minimum atomic E-state index is -0.777. The van der Waals surface area contributed by atoms with Crippen LogP contribution in [-0.2, 0) is 0 Å². The summed E-state index contributed by atoms with van der Waals surface area (Å²) in [5, 5.41) is 0. The SMILES string of the molecule is COc1nc(OC[C@@]23CCCN2C[C@H](F)C3)nc2nc(Br)n(C3CCC3)c12. The third kappa shape index (κ3) is 2.81. The van der Waals surface area contributed by atoms with Crippen molar-refractivity contribution in [1.29, 1.82) is 0 Å². The molecule has 4 heterocycles. The van der Waals surface area contributed by atoms with Crippen LogP contribution in [0.2, 0.25) is 0 Å². The molecular formula is C18H23BrFN5O2. The van der Waals surface area contributed by atoms with Gasteiger partial charge in [0.2, 0.25) is 5.88 Å². The van der Waals surface area contributed by atoms with Gasteiger partial charge in [0.25, 0.3) is 0 Å². The van der Waals surface area contributed by atoms with Crippen molar-refractivity contribution in [2.24, 2.45) is 0 Å². The van der Waals surface area contributed by atoms with Crippen LogP contribution in [0.4, 0.5) is 4.39 Å². The summed E-state index contributed by atoms with van der Waals surface area (Å²) in [6.45, 7) is 1.84. The fraction of sp³-hybridized carbons (Fsp3) is 0.722. The minimum absolute atomic E-state index is 0.225. The maximum Gasteiger partial charge on any atom is 0.321 e. The number of halogens is 2. The summed E-state index contributed by atoms with van der Waals surface area (Å²) in [5.74, 6) is 0.468. The second kappa shape index (κ2) is 6.55. The monoisotopic (exact) mass is 439 g/mol. The van der Waals surface area contributed by atoms with E-state index in [1.165, 1.54) is 6.42 Å². The largest absolute Gasteiger partial charge is 0.479 e. The van der Waals surface area contributed by atoms with Crippen LogP contribution in [0, 0.1) is 0 Å². The Morgan fingerprint density at radius 2 is 2.11 bits per heavy atom. The minimum Gasteiger partial charge on any atom is -0.479 e. The molecule has 0 aromatic carbocycles. The molecule has 5 rings (SSSR count). The van der Waals surface area contributed by atoms with E-state index < -0.39 is 6.17 Å². The Morgan fingerprint density at radius 1 is 1.26 bits per heavy atom. The molecule has 2 atom stereocenters. The van der Waals surface area contributed by atoms with Crippen molar-refractivity contribution in [1.82, 2.24) is 24.4 Å². The van der Waals surface area contributed by atoms with E-state index in [2.05, 4.69) is 40.3 Å². The molecular weight excluding hydrogens is 417 g/mol. The van der Waals surface area contributed by atoms with Crippen LogP contribution < -0.4 is 9.47 Å². The van der Waals surface area contributed by atoms with Crippen LogP contribution in [-0.4, -0.2) is 62.9 Å². The number of imidazole rings is 1. The van der Waals surface area contributed by atoms with Gasteiger partial charge in [0.1, 0.15) is 12.8 Å². The number of methoxy groups -OCH3 is 1. The molecule has 1 aliphatic carbocycles. The third-order valence-corrected chi connectivity index (χ3v) is 6.87. The first-order chi connectivity index (χ1) is 13.1. The molecule has 0 bridgehead atoms. The molecule has 2 aromatic heterocycles. The van der Waals surface area contributed by atoms with E-state index in [9.17, 15) is 4.39 Å². The zero-order valence-electron chi connectivity index (χ0n) is 15.3. The molecule has 2 saturated heterocycles. The fourth-order valence-corrected chi connectivity index (χ4v) is 5.39. The summed E-state index contributed by atoms with van der Waals surface area (Å²) in [5.41, 5.74) is 1.13. The Labute approximate surface area is 165 Å². The molecule has 0 unspecified atom stereocenters. The number of hydrogen-bond donors (Lipinski definition) is 0. The van der Waals surface area contributed by atoms with Crippen molar-refractivity contribution in [3.63, 3.8) is 0 Å². The van der Waals surface area contributed by atoms with Crippen molar-refractivity contribution in [3.05, 3.63) is 4.73 Å². The number of rotatable bonds is 5. The summed E-state index contributed by atoms with van der Waals surface area (Å²) < 4.78 is 28.3. The van der Waals surface area contributed by atoms with Crippen molar-refractivity contribution >= 4 is 27.1 Å². The number of alkyl halides is 1. The number of fused-ring (bicyclic) bond motifs is 2. The van der Waals surface area contributed by atoms with Crippen molar-refractivity contribution < 1.29 is 13.9 Å². The Balaban J connectivity index is 1.44. The maximum absolute atomic E-state index is 13.9.